The topological polar surface area (TPSA) is 326 Å². The van der Waals surface area contributed by atoms with Crippen LogP contribution in [0.25, 0.3) is 46.3 Å². The van der Waals surface area contributed by atoms with E-state index in [0.717, 1.165) is 17.6 Å². The van der Waals surface area contributed by atoms with Gasteiger partial charge in [0.15, 0.2) is 0 Å². The van der Waals surface area contributed by atoms with Gasteiger partial charge in [-0.2, -0.15) is 56.7 Å². The quantitative estimate of drug-likeness (QED) is 0.131. The number of rotatable bonds is 16. The second kappa shape index (κ2) is 17.8. The lowest BCUT2D eigenvalue weighted by atomic mass is 10.1. The van der Waals surface area contributed by atoms with E-state index in [-0.39, 0.29) is 81.4 Å². The largest absolute Gasteiger partial charge is 0.368 e. The molecule has 0 radical (unpaired) electrons. The van der Waals surface area contributed by atoms with Crippen molar-refractivity contribution in [1.82, 2.24) is 60.2 Å². The molecule has 0 aliphatic heterocycles. The van der Waals surface area contributed by atoms with Gasteiger partial charge >= 0.3 is 0 Å². The van der Waals surface area contributed by atoms with Crippen LogP contribution in [0.4, 0.5) is 35.2 Å². The Morgan fingerprint density at radius 3 is 1.73 bits per heavy atom. The van der Waals surface area contributed by atoms with Gasteiger partial charge in [-0.3, -0.25) is 18.3 Å². The third-order valence-corrected chi connectivity index (χ3v) is 10.7. The Kier molecular flexibility index (Phi) is 11.9. The van der Waals surface area contributed by atoms with E-state index in [1.165, 1.54) is 36.7 Å². The van der Waals surface area contributed by atoms with E-state index in [4.69, 9.17) is 28.9 Å². The molecule has 64 heavy (non-hydrogen) atoms. The molecule has 1 unspecified atom stereocenters. The van der Waals surface area contributed by atoms with Gasteiger partial charge in [-0.05, 0) is 42.5 Å². The summed E-state index contributed by atoms with van der Waals surface area (Å²) in [7, 11) is -5.47. The van der Waals surface area contributed by atoms with Crippen LogP contribution >= 0.6 is 0 Å². The van der Waals surface area contributed by atoms with Crippen molar-refractivity contribution < 1.29 is 34.2 Å². The highest BCUT2D eigenvalue weighted by molar-refractivity contribution is 7.87. The van der Waals surface area contributed by atoms with Crippen LogP contribution in [-0.4, -0.2) is 103 Å². The molecule has 0 saturated heterocycles. The minimum Gasteiger partial charge on any atom is -0.368 e. The van der Waals surface area contributed by atoms with E-state index in [2.05, 4.69) is 60.2 Å². The van der Waals surface area contributed by atoms with Crippen LogP contribution < -0.4 is 21.3 Å². The number of nitrogens with two attached hydrogens (primary N) is 2. The van der Waals surface area contributed by atoms with Crippen LogP contribution in [0.1, 0.15) is 17.4 Å². The average molecular weight is 907 g/mol. The normalized spacial score (nSPS) is 12.2. The van der Waals surface area contributed by atoms with Gasteiger partial charge in [-0.1, -0.05) is 52.8 Å². The van der Waals surface area contributed by atoms with Crippen LogP contribution in [0.5, 0.6) is 0 Å². The second-order valence-corrected chi connectivity index (χ2v) is 16.8. The summed E-state index contributed by atoms with van der Waals surface area (Å²) < 4.78 is 74.1. The minimum atomic E-state index is -4.64. The molecule has 8 aromatic rings. The summed E-state index contributed by atoms with van der Waals surface area (Å²) in [6.45, 7) is -0.599. The molecule has 326 valence electrons. The van der Waals surface area contributed by atoms with Crippen molar-refractivity contribution >= 4 is 55.4 Å². The number of anilines is 6. The van der Waals surface area contributed by atoms with Crippen molar-refractivity contribution in [3.05, 3.63) is 109 Å². The Labute approximate surface area is 363 Å². The van der Waals surface area contributed by atoms with Gasteiger partial charge < -0.3 is 30.3 Å². The number of benzene rings is 2. The van der Waals surface area contributed by atoms with Gasteiger partial charge in [0.2, 0.25) is 47.1 Å². The molecule has 26 heteroatoms. The fraction of sp³-hybridized carbons (Fsp3) is 0.158. The van der Waals surface area contributed by atoms with E-state index in [0.29, 0.717) is 0 Å². The van der Waals surface area contributed by atoms with Crippen molar-refractivity contribution in [2.75, 3.05) is 47.4 Å². The summed E-state index contributed by atoms with van der Waals surface area (Å²) in [5.74, 6) is -1.43. The third-order valence-electron chi connectivity index (χ3n) is 8.93. The first kappa shape index (κ1) is 42.7. The number of para-hydroxylation sites is 2. The maximum absolute atomic E-state index is 13.7. The summed E-state index contributed by atoms with van der Waals surface area (Å²) in [5.41, 5.74) is 13.7. The highest BCUT2D eigenvalue weighted by Gasteiger charge is 2.32. The first-order valence-corrected chi connectivity index (χ1v) is 22.0. The van der Waals surface area contributed by atoms with Gasteiger partial charge in [0.1, 0.15) is 17.6 Å². The van der Waals surface area contributed by atoms with Crippen LogP contribution in [0, 0.1) is 0 Å². The first-order chi connectivity index (χ1) is 30.7. The first-order valence-electron chi connectivity index (χ1n) is 18.6. The predicted octanol–water partition coefficient (Wildman–Crippen LogP) is 3.54. The second-order valence-electron chi connectivity index (χ2n) is 13.5. The fourth-order valence-electron chi connectivity index (χ4n) is 5.98. The number of hydrogen-bond acceptors (Lipinski definition) is 24. The van der Waals surface area contributed by atoms with Gasteiger partial charge in [0.25, 0.3) is 32.0 Å². The monoisotopic (exact) mass is 906 g/mol. The van der Waals surface area contributed by atoms with E-state index in [1.54, 1.807) is 23.9 Å². The number of hydrogen-bond donors (Lipinski definition) is 2. The lowest BCUT2D eigenvalue weighted by molar-refractivity contribution is 0.224. The Bertz CT molecular complexity index is 3160. The molecule has 2 aromatic carbocycles. The molecule has 24 nitrogen and oxygen atoms in total. The van der Waals surface area contributed by atoms with Crippen LogP contribution in [0.15, 0.2) is 106 Å². The molecule has 0 fully saturated rings. The molecule has 0 bridgehead atoms. The molecule has 6 heterocycles. The molecule has 6 aromatic heterocycles. The third kappa shape index (κ3) is 9.89. The number of nitrogen functional groups attached to an aromatic ring is 2. The summed E-state index contributed by atoms with van der Waals surface area (Å²) >= 11 is 0. The Morgan fingerprint density at radius 2 is 1.16 bits per heavy atom. The zero-order valence-electron chi connectivity index (χ0n) is 33.7. The van der Waals surface area contributed by atoms with Crippen LogP contribution in [0.3, 0.4) is 0 Å². The van der Waals surface area contributed by atoms with Crippen molar-refractivity contribution in [3.63, 3.8) is 0 Å². The predicted molar refractivity (Wildman–Crippen MR) is 228 cm³/mol. The number of nitrogens with zero attached hydrogens (tertiary/aromatic N) is 14. The van der Waals surface area contributed by atoms with Crippen LogP contribution in [-0.2, 0) is 35.2 Å². The molecule has 0 saturated carbocycles. The van der Waals surface area contributed by atoms with E-state index in [9.17, 15) is 16.8 Å². The van der Waals surface area contributed by atoms with Crippen molar-refractivity contribution in [1.29, 1.82) is 0 Å². The number of aromatic nitrogens is 12. The highest BCUT2D eigenvalue weighted by Crippen LogP contribution is 2.32. The molecular formula is C38H34N16O8S2. The molecule has 0 spiro atoms. The van der Waals surface area contributed by atoms with Gasteiger partial charge in [0, 0.05) is 43.4 Å². The van der Waals surface area contributed by atoms with Gasteiger partial charge in [-0.25, -0.2) is 0 Å². The number of pyridine rings is 2. The maximum Gasteiger partial charge on any atom is 0.277 e. The molecule has 0 aliphatic carbocycles. The van der Waals surface area contributed by atoms with Crippen molar-refractivity contribution in [3.8, 4) is 46.3 Å². The smallest absolute Gasteiger partial charge is 0.277 e. The zero-order valence-corrected chi connectivity index (χ0v) is 35.4. The summed E-state index contributed by atoms with van der Waals surface area (Å²) in [4.78, 5) is 46.3. The Hall–Kier alpha value is -7.94. The van der Waals surface area contributed by atoms with Crippen molar-refractivity contribution in [2.45, 2.75) is 12.7 Å². The lowest BCUT2D eigenvalue weighted by Gasteiger charge is -2.18. The van der Waals surface area contributed by atoms with Crippen molar-refractivity contribution in [2.24, 2.45) is 0 Å². The summed E-state index contributed by atoms with van der Waals surface area (Å²) in [6.07, 6.45) is 1.71. The minimum absolute atomic E-state index is 0.00430. The SMILES string of the molecule is CN(c1ccccc1)c1nc(N)nc(-c2noc(-c3cccnc3C(CS(=O)(=O)OCc3cccnc3-c3nc(-c4nc(N)nc(N(C)c5ccccc5)n4)no3)OS(C)(=O)=O)n2)n1. The lowest BCUT2D eigenvalue weighted by Crippen LogP contribution is -2.23. The molecule has 0 amide bonds. The zero-order chi connectivity index (χ0) is 45.0. The molecule has 0 aliphatic rings. The maximum atomic E-state index is 13.7. The fourth-order valence-corrected chi connectivity index (χ4v) is 7.65. The van der Waals surface area contributed by atoms with Gasteiger partial charge in [0.05, 0.1) is 24.1 Å². The van der Waals surface area contributed by atoms with E-state index in [1.807, 2.05) is 60.7 Å². The average Bonchev–Trinajstić information content (AvgIpc) is 3.99. The van der Waals surface area contributed by atoms with E-state index < -0.39 is 38.7 Å². The Morgan fingerprint density at radius 1 is 0.625 bits per heavy atom. The van der Waals surface area contributed by atoms with Gasteiger partial charge in [-0.15, -0.1) is 0 Å². The van der Waals surface area contributed by atoms with Crippen LogP contribution in [0.2, 0.25) is 0 Å². The summed E-state index contributed by atoms with van der Waals surface area (Å²) in [5, 5.41) is 7.97. The van der Waals surface area contributed by atoms with E-state index >= 15 is 0 Å². The standard InChI is InChI=1S/C38H34N16O8S2/c1-53(23-13-6-4-7-14-23)37-47-29(45-35(39)49-37)31-43-33(60-51-31)25-17-11-19-42-28(25)26(62-63(3,55)56)21-64(57,58)59-20-22-12-10-18-41-27(22)34-44-32(52-61-34)30-46-36(40)50-38(48-30)54(2)24-15-8-5-9-16-24/h4-19,26H,20-21H2,1-3H3,(H2,39,45,47,49)(H2,40,46,48,50). The Balaban J connectivity index is 1.02. The summed E-state index contributed by atoms with van der Waals surface area (Å²) in [6, 6.07) is 24.5. The highest BCUT2D eigenvalue weighted by atomic mass is 32.2. The molecule has 8 rings (SSSR count). The molecule has 4 N–H and O–H groups in total. The molecule has 1 atom stereocenters. The molecular weight excluding hydrogens is 873 g/mol.